The molecule has 0 fully saturated rings. The van der Waals surface area contributed by atoms with Crippen LogP contribution in [0.5, 0.6) is 11.5 Å². The molecule has 0 atom stereocenters. The summed E-state index contributed by atoms with van der Waals surface area (Å²) in [7, 11) is -1.35. The van der Waals surface area contributed by atoms with E-state index in [9.17, 15) is 18.0 Å². The van der Waals surface area contributed by atoms with Crippen LogP contribution < -0.4 is 19.1 Å². The molecule has 3 aromatic rings. The van der Waals surface area contributed by atoms with Gasteiger partial charge in [0.05, 0.1) is 35.9 Å². The Morgan fingerprint density at radius 1 is 1.03 bits per heavy atom. The lowest BCUT2D eigenvalue weighted by Gasteiger charge is -2.21. The molecule has 0 saturated carbocycles. The third kappa shape index (κ3) is 5.92. The van der Waals surface area contributed by atoms with Gasteiger partial charge in [-0.05, 0) is 56.3 Å². The van der Waals surface area contributed by atoms with E-state index in [0.29, 0.717) is 35.0 Å². The number of thiophene rings is 1. The Morgan fingerprint density at radius 3 is 2.33 bits per heavy atom. The Kier molecular flexibility index (Phi) is 8.83. The minimum Gasteiger partial charge on any atom is -0.493 e. The first-order valence-corrected chi connectivity index (χ1v) is 13.4. The van der Waals surface area contributed by atoms with Gasteiger partial charge in [0.25, 0.3) is 15.9 Å². The van der Waals surface area contributed by atoms with Gasteiger partial charge >= 0.3 is 5.97 Å². The summed E-state index contributed by atoms with van der Waals surface area (Å²) in [5.41, 5.74) is 0.994. The van der Waals surface area contributed by atoms with E-state index in [1.165, 1.54) is 50.6 Å². The van der Waals surface area contributed by atoms with Gasteiger partial charge in [-0.3, -0.25) is 9.10 Å². The van der Waals surface area contributed by atoms with Gasteiger partial charge < -0.3 is 19.5 Å². The van der Waals surface area contributed by atoms with E-state index < -0.39 is 21.9 Å². The number of benzene rings is 2. The lowest BCUT2D eigenvalue weighted by molar-refractivity contribution is 0.0526. The standard InChI is InChI=1S/C24H25ClN2O7S2/c1-5-33-18-12-11-17(13-19(18)32-4)27(3)36(30,31)20-14-21(25)35-22(20)23(28)26-16-9-7-15(8-10-16)24(29)34-6-2/h7-14H,5-6H2,1-4H3,(H,26,28). The first-order valence-electron chi connectivity index (χ1n) is 10.8. The molecule has 3 rings (SSSR count). The molecular formula is C24H25ClN2O7S2. The Bertz CT molecular complexity index is 1360. The van der Waals surface area contributed by atoms with E-state index in [0.717, 1.165) is 15.6 Å². The summed E-state index contributed by atoms with van der Waals surface area (Å²) in [5, 5.41) is 2.64. The van der Waals surface area contributed by atoms with E-state index >= 15 is 0 Å². The number of methoxy groups -OCH3 is 1. The zero-order valence-electron chi connectivity index (χ0n) is 20.0. The molecule has 0 saturated heterocycles. The fourth-order valence-corrected chi connectivity index (χ4v) is 6.08. The van der Waals surface area contributed by atoms with Crippen LogP contribution in [0.2, 0.25) is 4.34 Å². The highest BCUT2D eigenvalue weighted by Gasteiger charge is 2.30. The number of sulfonamides is 1. The van der Waals surface area contributed by atoms with Crippen LogP contribution in [0.1, 0.15) is 33.9 Å². The maximum atomic E-state index is 13.5. The SMILES string of the molecule is CCOC(=O)c1ccc(NC(=O)c2sc(Cl)cc2S(=O)(=O)N(C)c2ccc(OCC)c(OC)c2)cc1. The smallest absolute Gasteiger partial charge is 0.338 e. The van der Waals surface area contributed by atoms with Crippen molar-refractivity contribution in [2.24, 2.45) is 0 Å². The molecule has 1 N–H and O–H groups in total. The number of rotatable bonds is 10. The van der Waals surface area contributed by atoms with Crippen LogP contribution >= 0.6 is 22.9 Å². The topological polar surface area (TPSA) is 111 Å². The highest BCUT2D eigenvalue weighted by atomic mass is 35.5. The van der Waals surface area contributed by atoms with Gasteiger partial charge in [0.1, 0.15) is 9.77 Å². The highest BCUT2D eigenvalue weighted by molar-refractivity contribution is 7.93. The van der Waals surface area contributed by atoms with Gasteiger partial charge in [0.15, 0.2) is 11.5 Å². The summed E-state index contributed by atoms with van der Waals surface area (Å²) in [4.78, 5) is 24.5. The average Bonchev–Trinajstić information content (AvgIpc) is 3.27. The number of carbonyl (C=O) groups excluding carboxylic acids is 2. The van der Waals surface area contributed by atoms with Gasteiger partial charge in [-0.15, -0.1) is 11.3 Å². The number of nitrogens with zero attached hydrogens (tertiary/aromatic N) is 1. The number of hydrogen-bond acceptors (Lipinski definition) is 8. The number of anilines is 2. The van der Waals surface area contributed by atoms with Crippen molar-refractivity contribution < 1.29 is 32.2 Å². The summed E-state index contributed by atoms with van der Waals surface area (Å²) in [5.74, 6) is -0.305. The highest BCUT2D eigenvalue weighted by Crippen LogP contribution is 2.36. The van der Waals surface area contributed by atoms with Gasteiger partial charge in [0.2, 0.25) is 0 Å². The quantitative estimate of drug-likeness (QED) is 0.350. The Balaban J connectivity index is 1.88. The molecule has 0 aliphatic rings. The molecule has 1 heterocycles. The Morgan fingerprint density at radius 2 is 1.72 bits per heavy atom. The molecule has 2 aromatic carbocycles. The zero-order valence-corrected chi connectivity index (χ0v) is 22.4. The summed E-state index contributed by atoms with van der Waals surface area (Å²) in [6, 6.07) is 12.0. The van der Waals surface area contributed by atoms with Gasteiger partial charge in [0, 0.05) is 18.8 Å². The Hall–Kier alpha value is -3.28. The van der Waals surface area contributed by atoms with E-state index in [4.69, 9.17) is 25.8 Å². The van der Waals surface area contributed by atoms with Crippen molar-refractivity contribution in [3.05, 3.63) is 63.3 Å². The second-order valence-electron chi connectivity index (χ2n) is 7.24. The number of hydrogen-bond donors (Lipinski definition) is 1. The molecular weight excluding hydrogens is 528 g/mol. The predicted molar refractivity (Wildman–Crippen MR) is 139 cm³/mol. The summed E-state index contributed by atoms with van der Waals surface area (Å²) in [6.07, 6.45) is 0. The lowest BCUT2D eigenvalue weighted by atomic mass is 10.2. The molecule has 0 aliphatic carbocycles. The number of esters is 1. The van der Waals surface area contributed by atoms with Crippen LogP contribution in [0.15, 0.2) is 53.4 Å². The predicted octanol–water partition coefficient (Wildman–Crippen LogP) is 5.06. The first kappa shape index (κ1) is 27.3. The largest absolute Gasteiger partial charge is 0.493 e. The zero-order chi connectivity index (χ0) is 26.5. The van der Waals surface area contributed by atoms with Crippen LogP contribution in [0.25, 0.3) is 0 Å². The van der Waals surface area contributed by atoms with Crippen molar-refractivity contribution in [1.29, 1.82) is 0 Å². The summed E-state index contributed by atoms with van der Waals surface area (Å²) < 4.78 is 43.9. The van der Waals surface area contributed by atoms with Crippen molar-refractivity contribution >= 4 is 56.2 Å². The third-order valence-electron chi connectivity index (χ3n) is 4.98. The normalized spacial score (nSPS) is 11.0. The maximum absolute atomic E-state index is 13.5. The number of amides is 1. The van der Waals surface area contributed by atoms with Crippen molar-refractivity contribution in [3.8, 4) is 11.5 Å². The summed E-state index contributed by atoms with van der Waals surface area (Å²) in [6.45, 7) is 4.19. The van der Waals surface area contributed by atoms with E-state index in [-0.39, 0.29) is 20.7 Å². The molecule has 1 amide bonds. The Labute approximate surface area is 218 Å². The minimum absolute atomic E-state index is 0.0841. The number of nitrogens with one attached hydrogen (secondary N) is 1. The fraction of sp³-hybridized carbons (Fsp3) is 0.250. The van der Waals surface area contributed by atoms with E-state index in [1.54, 1.807) is 19.1 Å². The molecule has 9 nitrogen and oxygen atoms in total. The number of ether oxygens (including phenoxy) is 3. The molecule has 0 radical (unpaired) electrons. The minimum atomic E-state index is -4.17. The number of halogens is 1. The van der Waals surface area contributed by atoms with Crippen molar-refractivity contribution in [1.82, 2.24) is 0 Å². The second kappa shape index (κ2) is 11.6. The molecule has 192 valence electrons. The van der Waals surface area contributed by atoms with Crippen molar-refractivity contribution in [2.45, 2.75) is 18.7 Å². The number of carbonyl (C=O) groups is 2. The first-order chi connectivity index (χ1) is 17.1. The van der Waals surface area contributed by atoms with Crippen molar-refractivity contribution in [2.75, 3.05) is 37.0 Å². The molecule has 1 aromatic heterocycles. The van der Waals surface area contributed by atoms with Gasteiger partial charge in [-0.1, -0.05) is 11.6 Å². The average molecular weight is 553 g/mol. The van der Waals surface area contributed by atoms with E-state index in [2.05, 4.69) is 5.32 Å². The van der Waals surface area contributed by atoms with Crippen LogP contribution in [-0.4, -0.2) is 47.7 Å². The van der Waals surface area contributed by atoms with Gasteiger partial charge in [-0.2, -0.15) is 0 Å². The lowest BCUT2D eigenvalue weighted by Crippen LogP contribution is -2.28. The van der Waals surface area contributed by atoms with E-state index in [1.807, 2.05) is 6.92 Å². The molecule has 0 spiro atoms. The monoisotopic (exact) mass is 552 g/mol. The summed E-state index contributed by atoms with van der Waals surface area (Å²) >= 11 is 6.97. The fourth-order valence-electron chi connectivity index (χ4n) is 3.20. The molecule has 0 unspecified atom stereocenters. The molecule has 0 aliphatic heterocycles. The van der Waals surface area contributed by atoms with Crippen LogP contribution in [0.4, 0.5) is 11.4 Å². The molecule has 0 bridgehead atoms. The molecule has 36 heavy (non-hydrogen) atoms. The van der Waals surface area contributed by atoms with Crippen molar-refractivity contribution in [3.63, 3.8) is 0 Å². The van der Waals surface area contributed by atoms with Crippen LogP contribution in [-0.2, 0) is 14.8 Å². The maximum Gasteiger partial charge on any atom is 0.338 e. The second-order valence-corrected chi connectivity index (χ2v) is 10.9. The van der Waals surface area contributed by atoms with Gasteiger partial charge in [-0.25, -0.2) is 13.2 Å². The van der Waals surface area contributed by atoms with Crippen LogP contribution in [0.3, 0.4) is 0 Å². The van der Waals surface area contributed by atoms with Crippen LogP contribution in [0, 0.1) is 0 Å². The third-order valence-corrected chi connectivity index (χ3v) is 8.18. The molecule has 12 heteroatoms.